The summed E-state index contributed by atoms with van der Waals surface area (Å²) in [6, 6.07) is 14.7. The van der Waals surface area contributed by atoms with Crippen molar-refractivity contribution in [1.29, 1.82) is 0 Å². The van der Waals surface area contributed by atoms with Gasteiger partial charge in [-0.15, -0.1) is 0 Å². The number of carbonyl (C=O) groups excluding carboxylic acids is 1. The van der Waals surface area contributed by atoms with Crippen molar-refractivity contribution in [3.05, 3.63) is 72.8 Å². The molecule has 4 aromatic rings. The fourth-order valence-electron chi connectivity index (χ4n) is 4.55. The van der Waals surface area contributed by atoms with Crippen molar-refractivity contribution in [2.45, 2.75) is 19.1 Å². The molecule has 9 nitrogen and oxygen atoms in total. The maximum absolute atomic E-state index is 13.2. The highest BCUT2D eigenvalue weighted by molar-refractivity contribution is 6.05. The Balaban J connectivity index is 1.40. The second-order valence-electron chi connectivity index (χ2n) is 9.08. The number of piperidine rings is 1. The number of aromatic nitrogens is 3. The molecule has 4 heterocycles. The van der Waals surface area contributed by atoms with Crippen molar-refractivity contribution in [3.63, 3.8) is 0 Å². The number of hydrogen-bond donors (Lipinski definition) is 3. The zero-order valence-electron chi connectivity index (χ0n) is 20.1. The van der Waals surface area contributed by atoms with Crippen LogP contribution in [0.15, 0.2) is 67.1 Å². The Morgan fingerprint density at radius 2 is 1.92 bits per heavy atom. The molecule has 1 aliphatic heterocycles. The third kappa shape index (κ3) is 4.71. The van der Waals surface area contributed by atoms with E-state index in [4.69, 9.17) is 10.5 Å². The molecule has 4 N–H and O–H groups in total. The van der Waals surface area contributed by atoms with Gasteiger partial charge in [0.15, 0.2) is 0 Å². The van der Waals surface area contributed by atoms with Crippen LogP contribution in [0.5, 0.6) is 5.88 Å². The Labute approximate surface area is 209 Å². The lowest BCUT2D eigenvalue weighted by atomic mass is 9.92. The molecule has 1 aromatic carbocycles. The number of nitrogens with one attached hydrogen (secondary N) is 1. The average molecular weight is 485 g/mol. The summed E-state index contributed by atoms with van der Waals surface area (Å²) in [7, 11) is 1.58. The van der Waals surface area contributed by atoms with Crippen LogP contribution in [0.2, 0.25) is 0 Å². The lowest BCUT2D eigenvalue weighted by Crippen LogP contribution is -2.55. The minimum Gasteiger partial charge on any atom is -0.481 e. The molecule has 1 fully saturated rings. The third-order valence-corrected chi connectivity index (χ3v) is 6.55. The van der Waals surface area contributed by atoms with Gasteiger partial charge < -0.3 is 25.8 Å². The molecular weight excluding hydrogens is 456 g/mol. The normalized spacial score (nSPS) is 19.8. The molecule has 36 heavy (non-hydrogen) atoms. The van der Waals surface area contributed by atoms with Crippen LogP contribution >= 0.6 is 0 Å². The molecule has 3 atom stereocenters. The van der Waals surface area contributed by atoms with Crippen molar-refractivity contribution in [3.8, 4) is 17.0 Å². The first-order valence-corrected chi connectivity index (χ1v) is 11.8. The summed E-state index contributed by atoms with van der Waals surface area (Å²) in [6.07, 6.45) is 4.48. The van der Waals surface area contributed by atoms with E-state index in [0.29, 0.717) is 35.9 Å². The first-order valence-electron chi connectivity index (χ1n) is 11.8. The molecule has 0 bridgehead atoms. The van der Waals surface area contributed by atoms with E-state index in [1.54, 1.807) is 37.8 Å². The van der Waals surface area contributed by atoms with Crippen LogP contribution in [-0.4, -0.2) is 58.3 Å². The number of nitrogens with two attached hydrogens (primary N) is 1. The monoisotopic (exact) mass is 484 g/mol. The zero-order chi connectivity index (χ0) is 25.2. The third-order valence-electron chi connectivity index (χ3n) is 6.55. The molecule has 184 valence electrons. The number of aliphatic hydroxyl groups excluding tert-OH is 1. The van der Waals surface area contributed by atoms with Crippen LogP contribution in [0.3, 0.4) is 0 Å². The van der Waals surface area contributed by atoms with Gasteiger partial charge in [0.05, 0.1) is 36.3 Å². The van der Waals surface area contributed by atoms with Gasteiger partial charge in [0.2, 0.25) is 5.88 Å². The first kappa shape index (κ1) is 23.7. The van der Waals surface area contributed by atoms with Crippen LogP contribution < -0.4 is 20.7 Å². The molecule has 0 aliphatic carbocycles. The van der Waals surface area contributed by atoms with Crippen LogP contribution in [0, 0.1) is 5.92 Å². The van der Waals surface area contributed by atoms with E-state index in [1.807, 2.05) is 43.3 Å². The maximum Gasteiger partial charge on any atom is 0.274 e. The first-order chi connectivity index (χ1) is 17.4. The Hall–Kier alpha value is -4.08. The zero-order valence-corrected chi connectivity index (χ0v) is 20.1. The molecule has 5 rings (SSSR count). The SMILES string of the molecule is COc1ccc(-c2ccc3ccc(C(=O)Nc4cnccc4N4CC(C)C(O)C(N)C4)nc3c2)cn1. The van der Waals surface area contributed by atoms with Crippen LogP contribution in [0.4, 0.5) is 11.4 Å². The Bertz CT molecular complexity index is 1380. The molecule has 3 aromatic heterocycles. The number of anilines is 2. The van der Waals surface area contributed by atoms with E-state index in [1.165, 1.54) is 0 Å². The minimum absolute atomic E-state index is 0.00252. The fourth-order valence-corrected chi connectivity index (χ4v) is 4.55. The van der Waals surface area contributed by atoms with Crippen molar-refractivity contribution >= 4 is 28.2 Å². The second-order valence-corrected chi connectivity index (χ2v) is 9.08. The van der Waals surface area contributed by atoms with Gasteiger partial charge in [-0.1, -0.05) is 25.1 Å². The van der Waals surface area contributed by atoms with Crippen LogP contribution in [-0.2, 0) is 0 Å². The highest BCUT2D eigenvalue weighted by Gasteiger charge is 2.32. The Morgan fingerprint density at radius 1 is 1.11 bits per heavy atom. The molecule has 0 radical (unpaired) electrons. The van der Waals surface area contributed by atoms with Crippen molar-refractivity contribution in [2.24, 2.45) is 11.7 Å². The number of hydrogen-bond acceptors (Lipinski definition) is 8. The van der Waals surface area contributed by atoms with Gasteiger partial charge in [-0.05, 0) is 29.8 Å². The molecular formula is C27H28N6O3. The number of aliphatic hydroxyl groups is 1. The number of carbonyl (C=O) groups is 1. The Morgan fingerprint density at radius 3 is 2.67 bits per heavy atom. The molecule has 1 amide bonds. The van der Waals surface area contributed by atoms with Crippen molar-refractivity contribution in [1.82, 2.24) is 15.0 Å². The number of ether oxygens (including phenoxy) is 1. The molecule has 0 saturated carbocycles. The van der Waals surface area contributed by atoms with E-state index in [9.17, 15) is 9.90 Å². The van der Waals surface area contributed by atoms with Gasteiger partial charge in [0.25, 0.3) is 5.91 Å². The average Bonchev–Trinajstić information content (AvgIpc) is 2.91. The number of rotatable bonds is 5. The van der Waals surface area contributed by atoms with Crippen LogP contribution in [0.25, 0.3) is 22.0 Å². The summed E-state index contributed by atoms with van der Waals surface area (Å²) >= 11 is 0. The van der Waals surface area contributed by atoms with Gasteiger partial charge in [-0.2, -0.15) is 0 Å². The lowest BCUT2D eigenvalue weighted by Gasteiger charge is -2.40. The summed E-state index contributed by atoms with van der Waals surface area (Å²) < 4.78 is 5.14. The number of benzene rings is 1. The number of pyridine rings is 3. The van der Waals surface area contributed by atoms with Gasteiger partial charge >= 0.3 is 0 Å². The largest absolute Gasteiger partial charge is 0.481 e. The Kier molecular flexibility index (Phi) is 6.49. The van der Waals surface area contributed by atoms with E-state index < -0.39 is 6.10 Å². The predicted octanol–water partition coefficient (Wildman–Crippen LogP) is 3.10. The van der Waals surface area contributed by atoms with Crippen LogP contribution in [0.1, 0.15) is 17.4 Å². The smallest absolute Gasteiger partial charge is 0.274 e. The highest BCUT2D eigenvalue weighted by atomic mass is 16.5. The van der Waals surface area contributed by atoms with Crippen molar-refractivity contribution < 1.29 is 14.6 Å². The van der Waals surface area contributed by atoms with Crippen molar-refractivity contribution in [2.75, 3.05) is 30.4 Å². The number of methoxy groups -OCH3 is 1. The van der Waals surface area contributed by atoms with Gasteiger partial charge in [0, 0.05) is 54.5 Å². The molecule has 9 heteroatoms. The summed E-state index contributed by atoms with van der Waals surface area (Å²) in [5, 5.41) is 14.1. The quantitative estimate of drug-likeness (QED) is 0.394. The molecule has 0 spiro atoms. The van der Waals surface area contributed by atoms with Gasteiger partial charge in [-0.3, -0.25) is 9.78 Å². The number of amides is 1. The summed E-state index contributed by atoms with van der Waals surface area (Å²) in [6.45, 7) is 3.07. The number of fused-ring (bicyclic) bond motifs is 1. The predicted molar refractivity (Wildman–Crippen MR) is 139 cm³/mol. The summed E-state index contributed by atoms with van der Waals surface area (Å²) in [5.74, 6) is 0.211. The summed E-state index contributed by atoms with van der Waals surface area (Å²) in [5.41, 5.74) is 10.4. The van der Waals surface area contributed by atoms with Gasteiger partial charge in [0.1, 0.15) is 5.69 Å². The van der Waals surface area contributed by atoms with E-state index in [2.05, 4.69) is 25.2 Å². The fraction of sp³-hybridized carbons (Fsp3) is 0.259. The molecule has 3 unspecified atom stereocenters. The lowest BCUT2D eigenvalue weighted by molar-refractivity contribution is 0.0785. The van der Waals surface area contributed by atoms with Gasteiger partial charge in [-0.25, -0.2) is 9.97 Å². The van der Waals surface area contributed by atoms with E-state index in [-0.39, 0.29) is 17.9 Å². The van der Waals surface area contributed by atoms with E-state index in [0.717, 1.165) is 22.2 Å². The topological polar surface area (TPSA) is 126 Å². The standard InChI is InChI=1S/C27H28N6O3/c1-16-14-33(15-20(28)26(16)34)24-9-10-29-13-23(24)32-27(35)21-7-5-17-3-4-18(11-22(17)31-21)19-6-8-25(36-2)30-12-19/h3-13,16,20,26,34H,14-15,28H2,1-2H3,(H,32,35). The van der Waals surface area contributed by atoms with E-state index >= 15 is 0 Å². The maximum atomic E-state index is 13.2. The second kappa shape index (κ2) is 9.88. The highest BCUT2D eigenvalue weighted by Crippen LogP contribution is 2.30. The minimum atomic E-state index is -0.554. The number of nitrogens with zero attached hydrogens (tertiary/aromatic N) is 4. The molecule has 1 aliphatic rings. The molecule has 1 saturated heterocycles. The summed E-state index contributed by atoms with van der Waals surface area (Å²) in [4.78, 5) is 28.3.